The maximum Gasteiger partial charge on any atom is 0.247 e. The van der Waals surface area contributed by atoms with E-state index in [-0.39, 0.29) is 17.9 Å². The molecule has 182 valence electrons. The molecule has 0 radical (unpaired) electrons. The van der Waals surface area contributed by atoms with Gasteiger partial charge < -0.3 is 25.4 Å². The first-order valence-electron chi connectivity index (χ1n) is 11.4. The van der Waals surface area contributed by atoms with E-state index in [0.717, 1.165) is 6.42 Å². The third kappa shape index (κ3) is 5.20. The number of nitrogens with two attached hydrogens (primary N) is 1. The van der Waals surface area contributed by atoms with Gasteiger partial charge in [0.05, 0.1) is 19.6 Å². The Morgan fingerprint density at radius 1 is 1.23 bits per heavy atom. The largest absolute Gasteiger partial charge is 0.497 e. The van der Waals surface area contributed by atoms with E-state index in [1.165, 1.54) is 6.33 Å². The molecular weight excluding hydrogens is 446 g/mol. The zero-order valence-electron chi connectivity index (χ0n) is 20.3. The van der Waals surface area contributed by atoms with Gasteiger partial charge >= 0.3 is 0 Å². The first kappa shape index (κ1) is 24.0. The third-order valence-electron chi connectivity index (χ3n) is 5.65. The van der Waals surface area contributed by atoms with Gasteiger partial charge in [0.2, 0.25) is 5.91 Å². The molecule has 3 aromatic rings. The SMILES string of the molecule is COc1cc(C#Cc2nn(C3CCN3C(=O)C=CCNC(C)C)c3ncnc(N)c23)cc(OC)c1. The molecule has 3 heterocycles. The topological polar surface area (TPSA) is 120 Å². The summed E-state index contributed by atoms with van der Waals surface area (Å²) < 4.78 is 12.4. The van der Waals surface area contributed by atoms with Crippen molar-refractivity contribution in [1.82, 2.24) is 30.0 Å². The number of nitrogens with one attached hydrogen (secondary N) is 1. The number of aromatic nitrogens is 4. The number of carbonyl (C=O) groups excluding carboxylic acids is 1. The number of methoxy groups -OCH3 is 2. The van der Waals surface area contributed by atoms with E-state index in [0.29, 0.717) is 52.9 Å². The molecule has 3 N–H and O–H groups in total. The minimum absolute atomic E-state index is 0.0754. The van der Waals surface area contributed by atoms with Crippen LogP contribution in [-0.4, -0.2) is 63.9 Å². The summed E-state index contributed by atoms with van der Waals surface area (Å²) in [6.45, 7) is 5.38. The van der Waals surface area contributed by atoms with Gasteiger partial charge in [-0.25, -0.2) is 14.6 Å². The number of rotatable bonds is 7. The molecule has 0 bridgehead atoms. The Balaban J connectivity index is 1.65. The number of likely N-dealkylation sites (tertiary alicyclic amines) is 1. The van der Waals surface area contributed by atoms with Crippen molar-refractivity contribution in [2.45, 2.75) is 32.5 Å². The van der Waals surface area contributed by atoms with E-state index in [1.807, 2.05) is 6.08 Å². The molecule has 1 aliphatic heterocycles. The van der Waals surface area contributed by atoms with Crippen molar-refractivity contribution in [3.8, 4) is 23.3 Å². The molecule has 2 aromatic heterocycles. The number of anilines is 1. The number of hydrogen-bond donors (Lipinski definition) is 2. The predicted octanol–water partition coefficient (Wildman–Crippen LogP) is 2.11. The fraction of sp³-hybridized carbons (Fsp3) is 0.360. The number of fused-ring (bicyclic) bond motifs is 1. The molecule has 35 heavy (non-hydrogen) atoms. The zero-order valence-corrected chi connectivity index (χ0v) is 20.3. The lowest BCUT2D eigenvalue weighted by Crippen LogP contribution is -2.47. The monoisotopic (exact) mass is 475 g/mol. The van der Waals surface area contributed by atoms with Gasteiger partial charge in [-0.2, -0.15) is 5.10 Å². The van der Waals surface area contributed by atoms with Crippen molar-refractivity contribution in [3.05, 3.63) is 47.9 Å². The maximum absolute atomic E-state index is 12.8. The molecule has 0 spiro atoms. The molecule has 1 atom stereocenters. The van der Waals surface area contributed by atoms with Crippen LogP contribution in [0.1, 0.15) is 37.7 Å². The van der Waals surface area contributed by atoms with Gasteiger partial charge in [-0.15, -0.1) is 0 Å². The Kier molecular flexibility index (Phi) is 7.17. The lowest BCUT2D eigenvalue weighted by atomic mass is 10.1. The molecule has 0 aliphatic carbocycles. The van der Waals surface area contributed by atoms with Crippen molar-refractivity contribution in [2.24, 2.45) is 0 Å². The number of benzene rings is 1. The van der Waals surface area contributed by atoms with Crippen molar-refractivity contribution >= 4 is 22.8 Å². The molecule has 0 saturated carbocycles. The second-order valence-corrected chi connectivity index (χ2v) is 8.37. The summed E-state index contributed by atoms with van der Waals surface area (Å²) in [5.74, 6) is 7.66. The fourth-order valence-electron chi connectivity index (χ4n) is 3.75. The summed E-state index contributed by atoms with van der Waals surface area (Å²) >= 11 is 0. The minimum Gasteiger partial charge on any atom is -0.497 e. The summed E-state index contributed by atoms with van der Waals surface area (Å²) in [6, 6.07) is 5.74. The van der Waals surface area contributed by atoms with Crippen LogP contribution >= 0.6 is 0 Å². The van der Waals surface area contributed by atoms with E-state index in [4.69, 9.17) is 20.3 Å². The van der Waals surface area contributed by atoms with Crippen LogP contribution in [0.15, 0.2) is 36.7 Å². The van der Waals surface area contributed by atoms with Crippen LogP contribution in [0.25, 0.3) is 11.0 Å². The maximum atomic E-state index is 12.8. The van der Waals surface area contributed by atoms with E-state index < -0.39 is 0 Å². The van der Waals surface area contributed by atoms with Crippen molar-refractivity contribution in [3.63, 3.8) is 0 Å². The van der Waals surface area contributed by atoms with Crippen LogP contribution < -0.4 is 20.5 Å². The highest BCUT2D eigenvalue weighted by Gasteiger charge is 2.35. The summed E-state index contributed by atoms with van der Waals surface area (Å²) in [6.07, 6.45) is 5.30. The normalized spacial score (nSPS) is 15.2. The summed E-state index contributed by atoms with van der Waals surface area (Å²) in [7, 11) is 3.17. The summed E-state index contributed by atoms with van der Waals surface area (Å²) in [5.41, 5.74) is 7.85. The van der Waals surface area contributed by atoms with Crippen LogP contribution in [0.2, 0.25) is 0 Å². The Labute approximate surface area is 204 Å². The first-order chi connectivity index (χ1) is 16.9. The Morgan fingerprint density at radius 3 is 2.60 bits per heavy atom. The van der Waals surface area contributed by atoms with E-state index >= 15 is 0 Å². The first-order valence-corrected chi connectivity index (χ1v) is 11.4. The lowest BCUT2D eigenvalue weighted by molar-refractivity contribution is -0.137. The van der Waals surface area contributed by atoms with Crippen LogP contribution in [0, 0.1) is 11.8 Å². The fourth-order valence-corrected chi connectivity index (χ4v) is 3.75. The molecule has 1 amide bonds. The van der Waals surface area contributed by atoms with Gasteiger partial charge in [0.15, 0.2) is 5.65 Å². The quantitative estimate of drug-likeness (QED) is 0.394. The number of ether oxygens (including phenoxy) is 2. The number of nitrogen functional groups attached to an aromatic ring is 1. The van der Waals surface area contributed by atoms with Gasteiger partial charge in [-0.05, 0) is 18.1 Å². The number of hydrogen-bond acceptors (Lipinski definition) is 8. The molecule has 1 unspecified atom stereocenters. The molecule has 1 aliphatic rings. The highest BCUT2D eigenvalue weighted by molar-refractivity contribution is 5.91. The van der Waals surface area contributed by atoms with Crippen LogP contribution in [0.3, 0.4) is 0 Å². The second-order valence-electron chi connectivity index (χ2n) is 8.37. The lowest BCUT2D eigenvalue weighted by Gasteiger charge is -2.40. The van der Waals surface area contributed by atoms with Crippen LogP contribution in [0.5, 0.6) is 11.5 Å². The van der Waals surface area contributed by atoms with Crippen molar-refractivity contribution in [2.75, 3.05) is 33.0 Å². The smallest absolute Gasteiger partial charge is 0.247 e. The van der Waals surface area contributed by atoms with E-state index in [1.54, 1.807) is 48.1 Å². The molecule has 4 rings (SSSR count). The Bertz CT molecular complexity index is 1300. The summed E-state index contributed by atoms with van der Waals surface area (Å²) in [4.78, 5) is 23.0. The number of nitrogens with zero attached hydrogens (tertiary/aromatic N) is 5. The predicted molar refractivity (Wildman–Crippen MR) is 133 cm³/mol. The highest BCUT2D eigenvalue weighted by atomic mass is 16.5. The van der Waals surface area contributed by atoms with Crippen molar-refractivity contribution < 1.29 is 14.3 Å². The molecule has 10 heteroatoms. The molecular formula is C25H29N7O3. The van der Waals surface area contributed by atoms with E-state index in [9.17, 15) is 4.79 Å². The van der Waals surface area contributed by atoms with Gasteiger partial charge in [0.1, 0.15) is 35.5 Å². The molecule has 10 nitrogen and oxygen atoms in total. The minimum atomic E-state index is -0.269. The van der Waals surface area contributed by atoms with Gasteiger partial charge in [-0.3, -0.25) is 4.79 Å². The van der Waals surface area contributed by atoms with E-state index in [2.05, 4.69) is 41.0 Å². The summed E-state index contributed by atoms with van der Waals surface area (Å²) in [5, 5.41) is 8.51. The van der Waals surface area contributed by atoms with Gasteiger partial charge in [0, 0.05) is 43.3 Å². The molecule has 1 aromatic carbocycles. The third-order valence-corrected chi connectivity index (χ3v) is 5.65. The zero-order chi connectivity index (χ0) is 24.9. The number of carbonyl (C=O) groups is 1. The Hall–Kier alpha value is -4.10. The van der Waals surface area contributed by atoms with Gasteiger partial charge in [0.25, 0.3) is 0 Å². The second kappa shape index (κ2) is 10.4. The standard InChI is InChI=1S/C25H29N7O3/c1-16(2)27-10-5-6-22(33)31-11-9-21(31)32-25-23(24(26)28-15-29-25)20(30-32)8-7-17-12-18(34-3)14-19(13-17)35-4/h5-6,12-16,21,27H,9-11H2,1-4H3,(H2,26,28,29). The average Bonchev–Trinajstić information content (AvgIpc) is 3.18. The number of amides is 1. The van der Waals surface area contributed by atoms with Gasteiger partial charge in [-0.1, -0.05) is 25.8 Å². The molecule has 1 saturated heterocycles. The highest BCUT2D eigenvalue weighted by Crippen LogP contribution is 2.32. The average molecular weight is 476 g/mol. The van der Waals surface area contributed by atoms with Crippen molar-refractivity contribution in [1.29, 1.82) is 0 Å². The molecule has 1 fully saturated rings. The Morgan fingerprint density at radius 2 is 1.97 bits per heavy atom. The van der Waals surface area contributed by atoms with Crippen LogP contribution in [-0.2, 0) is 4.79 Å². The van der Waals surface area contributed by atoms with Crippen LogP contribution in [0.4, 0.5) is 5.82 Å².